The first kappa shape index (κ1) is 14.4. The summed E-state index contributed by atoms with van der Waals surface area (Å²) in [5.74, 6) is 1.02. The van der Waals surface area contributed by atoms with E-state index in [9.17, 15) is 4.79 Å². The van der Waals surface area contributed by atoms with E-state index >= 15 is 0 Å². The summed E-state index contributed by atoms with van der Waals surface area (Å²) in [6.45, 7) is 0.449. The van der Waals surface area contributed by atoms with Crippen molar-refractivity contribution in [2.24, 2.45) is 0 Å². The zero-order chi connectivity index (χ0) is 14.7. The number of hydrogen-bond donors (Lipinski definition) is 1. The van der Waals surface area contributed by atoms with Gasteiger partial charge in [-0.1, -0.05) is 18.2 Å². The summed E-state index contributed by atoms with van der Waals surface area (Å²) >= 11 is 0. The maximum absolute atomic E-state index is 12.3. The van der Waals surface area contributed by atoms with E-state index < -0.39 is 0 Å². The van der Waals surface area contributed by atoms with Gasteiger partial charge in [-0.2, -0.15) is 0 Å². The van der Waals surface area contributed by atoms with E-state index in [0.29, 0.717) is 31.2 Å². The van der Waals surface area contributed by atoms with Gasteiger partial charge in [0.25, 0.3) is 0 Å². The molecule has 2 fully saturated rings. The lowest BCUT2D eigenvalue weighted by Gasteiger charge is -2.35. The van der Waals surface area contributed by atoms with Crippen LogP contribution in [0.25, 0.3) is 0 Å². The Hall–Kier alpha value is -1.55. The summed E-state index contributed by atoms with van der Waals surface area (Å²) in [4.78, 5) is 14.2. The third kappa shape index (κ3) is 3.56. The highest BCUT2D eigenvalue weighted by molar-refractivity contribution is 5.76. The van der Waals surface area contributed by atoms with Crippen LogP contribution in [0.3, 0.4) is 0 Å². The van der Waals surface area contributed by atoms with E-state index in [0.717, 1.165) is 18.6 Å². The van der Waals surface area contributed by atoms with Gasteiger partial charge in [-0.25, -0.2) is 0 Å². The lowest BCUT2D eigenvalue weighted by Crippen LogP contribution is -2.48. The summed E-state index contributed by atoms with van der Waals surface area (Å²) in [6.07, 6.45) is 5.17. The van der Waals surface area contributed by atoms with Crippen molar-refractivity contribution in [3.63, 3.8) is 0 Å². The molecule has 1 amide bonds. The van der Waals surface area contributed by atoms with Crippen LogP contribution >= 0.6 is 0 Å². The molecule has 1 aromatic rings. The minimum Gasteiger partial charge on any atom is -0.493 e. The molecule has 1 N–H and O–H groups in total. The minimum atomic E-state index is 0.192. The van der Waals surface area contributed by atoms with E-state index in [1.54, 1.807) is 0 Å². The van der Waals surface area contributed by atoms with Crippen molar-refractivity contribution >= 4 is 5.91 Å². The molecule has 2 atom stereocenters. The van der Waals surface area contributed by atoms with E-state index in [2.05, 4.69) is 5.32 Å². The molecule has 4 heteroatoms. The molecule has 0 aromatic heterocycles. The van der Waals surface area contributed by atoms with Crippen LogP contribution in [-0.2, 0) is 4.79 Å². The SMILES string of the molecule is CN(C(=O)CCOc1ccccc1)C1CC2CCC(C1)N2. The summed E-state index contributed by atoms with van der Waals surface area (Å²) in [7, 11) is 1.94. The monoisotopic (exact) mass is 288 g/mol. The van der Waals surface area contributed by atoms with Crippen LogP contribution in [-0.4, -0.2) is 42.6 Å². The van der Waals surface area contributed by atoms with Gasteiger partial charge in [0.05, 0.1) is 13.0 Å². The third-order valence-corrected chi connectivity index (χ3v) is 4.72. The minimum absolute atomic E-state index is 0.192. The summed E-state index contributed by atoms with van der Waals surface area (Å²) in [6, 6.07) is 11.3. The van der Waals surface area contributed by atoms with Gasteiger partial charge in [-0.05, 0) is 37.8 Å². The fourth-order valence-electron chi connectivity index (χ4n) is 3.50. The first-order chi connectivity index (χ1) is 10.2. The number of para-hydroxylation sites is 1. The molecule has 4 nitrogen and oxygen atoms in total. The van der Waals surface area contributed by atoms with Crippen LogP contribution in [0.15, 0.2) is 30.3 Å². The van der Waals surface area contributed by atoms with Gasteiger partial charge in [0.1, 0.15) is 5.75 Å². The fourth-order valence-corrected chi connectivity index (χ4v) is 3.50. The van der Waals surface area contributed by atoms with Crippen LogP contribution in [0, 0.1) is 0 Å². The van der Waals surface area contributed by atoms with Gasteiger partial charge in [-0.15, -0.1) is 0 Å². The zero-order valence-corrected chi connectivity index (χ0v) is 12.6. The first-order valence-electron chi connectivity index (χ1n) is 7.92. The summed E-state index contributed by atoms with van der Waals surface area (Å²) < 4.78 is 5.61. The van der Waals surface area contributed by atoms with Crippen molar-refractivity contribution in [1.29, 1.82) is 0 Å². The molecule has 2 bridgehead atoms. The Kier molecular flexibility index (Phi) is 4.44. The highest BCUT2D eigenvalue weighted by atomic mass is 16.5. The number of nitrogens with zero attached hydrogens (tertiary/aromatic N) is 1. The largest absolute Gasteiger partial charge is 0.493 e. The topological polar surface area (TPSA) is 41.6 Å². The average Bonchev–Trinajstić information content (AvgIpc) is 2.85. The molecule has 3 rings (SSSR count). The van der Waals surface area contributed by atoms with E-state index in [1.165, 1.54) is 12.8 Å². The van der Waals surface area contributed by atoms with Crippen molar-refractivity contribution in [3.8, 4) is 5.75 Å². The Balaban J connectivity index is 1.44. The van der Waals surface area contributed by atoms with Crippen LogP contribution in [0.2, 0.25) is 0 Å². The molecule has 1 aromatic carbocycles. The van der Waals surface area contributed by atoms with E-state index in [4.69, 9.17) is 4.74 Å². The van der Waals surface area contributed by atoms with Crippen LogP contribution in [0.4, 0.5) is 0 Å². The Bertz CT molecular complexity index is 465. The van der Waals surface area contributed by atoms with Crippen molar-refractivity contribution in [3.05, 3.63) is 30.3 Å². The third-order valence-electron chi connectivity index (χ3n) is 4.72. The lowest BCUT2D eigenvalue weighted by atomic mass is 9.98. The number of rotatable bonds is 5. The predicted molar refractivity (Wildman–Crippen MR) is 82.3 cm³/mol. The number of nitrogens with one attached hydrogen (secondary N) is 1. The Labute approximate surface area is 126 Å². The fraction of sp³-hybridized carbons (Fsp3) is 0.588. The number of hydrogen-bond acceptors (Lipinski definition) is 3. The maximum atomic E-state index is 12.3. The molecule has 0 aliphatic carbocycles. The molecular weight excluding hydrogens is 264 g/mol. The Morgan fingerprint density at radius 3 is 2.57 bits per heavy atom. The standard InChI is InChI=1S/C17H24N2O2/c1-19(15-11-13-7-8-14(12-15)18-13)17(20)9-10-21-16-5-3-2-4-6-16/h2-6,13-15,18H,7-12H2,1H3. The van der Waals surface area contributed by atoms with Gasteiger partial charge in [0, 0.05) is 25.2 Å². The van der Waals surface area contributed by atoms with Crippen molar-refractivity contribution in [2.45, 2.75) is 50.2 Å². The molecule has 0 saturated carbocycles. The highest BCUT2D eigenvalue weighted by Gasteiger charge is 2.36. The number of carbonyl (C=O) groups is 1. The second-order valence-electron chi connectivity index (χ2n) is 6.18. The molecule has 0 spiro atoms. The number of fused-ring (bicyclic) bond motifs is 2. The Morgan fingerprint density at radius 2 is 1.90 bits per heavy atom. The van der Waals surface area contributed by atoms with Crippen LogP contribution in [0.5, 0.6) is 5.75 Å². The van der Waals surface area contributed by atoms with Crippen molar-refractivity contribution in [2.75, 3.05) is 13.7 Å². The molecule has 2 aliphatic rings. The van der Waals surface area contributed by atoms with Gasteiger partial charge in [0.2, 0.25) is 5.91 Å². The Morgan fingerprint density at radius 1 is 1.24 bits per heavy atom. The van der Waals surface area contributed by atoms with Crippen LogP contribution < -0.4 is 10.1 Å². The van der Waals surface area contributed by atoms with Gasteiger partial charge in [0.15, 0.2) is 0 Å². The van der Waals surface area contributed by atoms with Gasteiger partial charge < -0.3 is 15.0 Å². The second-order valence-corrected chi connectivity index (χ2v) is 6.18. The molecule has 114 valence electrons. The molecule has 21 heavy (non-hydrogen) atoms. The first-order valence-corrected chi connectivity index (χ1v) is 7.92. The molecule has 0 radical (unpaired) electrons. The summed E-state index contributed by atoms with van der Waals surface area (Å²) in [5, 5.41) is 3.62. The van der Waals surface area contributed by atoms with Gasteiger partial charge in [-0.3, -0.25) is 4.79 Å². The van der Waals surface area contributed by atoms with Crippen molar-refractivity contribution < 1.29 is 9.53 Å². The highest BCUT2D eigenvalue weighted by Crippen LogP contribution is 2.29. The lowest BCUT2D eigenvalue weighted by molar-refractivity contribution is -0.133. The number of carbonyl (C=O) groups excluding carboxylic acids is 1. The molecule has 2 aliphatic heterocycles. The normalized spacial score (nSPS) is 27.4. The molecule has 2 unspecified atom stereocenters. The predicted octanol–water partition coefficient (Wildman–Crippen LogP) is 2.20. The van der Waals surface area contributed by atoms with Crippen molar-refractivity contribution in [1.82, 2.24) is 10.2 Å². The maximum Gasteiger partial charge on any atom is 0.225 e. The number of amides is 1. The number of piperidine rings is 1. The second kappa shape index (κ2) is 6.48. The zero-order valence-electron chi connectivity index (χ0n) is 12.6. The average molecular weight is 288 g/mol. The van der Waals surface area contributed by atoms with E-state index in [1.807, 2.05) is 42.3 Å². The molecule has 2 saturated heterocycles. The summed E-state index contributed by atoms with van der Waals surface area (Å²) in [5.41, 5.74) is 0. The van der Waals surface area contributed by atoms with Crippen LogP contribution in [0.1, 0.15) is 32.1 Å². The number of ether oxygens (including phenoxy) is 1. The smallest absolute Gasteiger partial charge is 0.225 e. The molecule has 2 heterocycles. The van der Waals surface area contributed by atoms with E-state index in [-0.39, 0.29) is 5.91 Å². The number of benzene rings is 1. The quantitative estimate of drug-likeness (QED) is 0.903. The van der Waals surface area contributed by atoms with Gasteiger partial charge >= 0.3 is 0 Å². The molecular formula is C17H24N2O2.